The lowest BCUT2D eigenvalue weighted by Crippen LogP contribution is -2.55. The standard InChI is InChI=1S/C25H24N4O3/c1-16(2)29-23(31)25(13-17-9-5-3-6-10-17)14-19-20(15-28(25)24(29)32)27-22(26-19)21(30)18-11-7-4-8-12-18/h3-12,16H,13-15H2,1-2H3,(H,26,27). The molecule has 3 heterocycles. The summed E-state index contributed by atoms with van der Waals surface area (Å²) in [5, 5.41) is 0. The number of imidazole rings is 1. The molecule has 2 aromatic carbocycles. The van der Waals surface area contributed by atoms with Gasteiger partial charge in [-0.05, 0) is 19.4 Å². The zero-order valence-electron chi connectivity index (χ0n) is 18.0. The average molecular weight is 428 g/mol. The van der Waals surface area contributed by atoms with Crippen LogP contribution in [0.4, 0.5) is 4.79 Å². The van der Waals surface area contributed by atoms with Gasteiger partial charge in [0.05, 0.1) is 12.2 Å². The van der Waals surface area contributed by atoms with Crippen LogP contribution in [0.15, 0.2) is 60.7 Å². The van der Waals surface area contributed by atoms with Gasteiger partial charge < -0.3 is 9.88 Å². The molecule has 162 valence electrons. The van der Waals surface area contributed by atoms with E-state index in [0.29, 0.717) is 24.1 Å². The second-order valence-electron chi connectivity index (χ2n) is 8.71. The van der Waals surface area contributed by atoms with Gasteiger partial charge in [0.2, 0.25) is 5.78 Å². The van der Waals surface area contributed by atoms with E-state index >= 15 is 0 Å². The Balaban J connectivity index is 1.56. The molecule has 7 nitrogen and oxygen atoms in total. The number of imide groups is 1. The average Bonchev–Trinajstić information content (AvgIpc) is 3.29. The monoisotopic (exact) mass is 428 g/mol. The summed E-state index contributed by atoms with van der Waals surface area (Å²) in [5.41, 5.74) is 1.86. The van der Waals surface area contributed by atoms with Gasteiger partial charge in [-0.2, -0.15) is 0 Å². The van der Waals surface area contributed by atoms with E-state index in [4.69, 9.17) is 0 Å². The van der Waals surface area contributed by atoms with Crippen LogP contribution < -0.4 is 0 Å². The zero-order chi connectivity index (χ0) is 22.5. The lowest BCUT2D eigenvalue weighted by Gasteiger charge is -2.38. The van der Waals surface area contributed by atoms with E-state index in [0.717, 1.165) is 11.3 Å². The van der Waals surface area contributed by atoms with E-state index < -0.39 is 5.54 Å². The van der Waals surface area contributed by atoms with Gasteiger partial charge in [-0.1, -0.05) is 60.7 Å². The lowest BCUT2D eigenvalue weighted by atomic mass is 9.82. The van der Waals surface area contributed by atoms with Crippen molar-refractivity contribution < 1.29 is 14.4 Å². The van der Waals surface area contributed by atoms with Crippen molar-refractivity contribution in [2.45, 2.75) is 44.8 Å². The number of H-pyrrole nitrogens is 1. The molecule has 32 heavy (non-hydrogen) atoms. The number of nitrogens with zero attached hydrogens (tertiary/aromatic N) is 3. The fourth-order valence-electron chi connectivity index (χ4n) is 4.75. The van der Waals surface area contributed by atoms with Gasteiger partial charge in [-0.25, -0.2) is 9.78 Å². The first-order valence-corrected chi connectivity index (χ1v) is 10.8. The third kappa shape index (κ3) is 3.04. The lowest BCUT2D eigenvalue weighted by molar-refractivity contribution is -0.134. The van der Waals surface area contributed by atoms with Crippen LogP contribution in [0.1, 0.15) is 47.0 Å². The van der Waals surface area contributed by atoms with Crippen LogP contribution in [0.3, 0.4) is 0 Å². The van der Waals surface area contributed by atoms with E-state index in [1.165, 1.54) is 4.90 Å². The number of aromatic nitrogens is 2. The fraction of sp³-hybridized carbons (Fsp3) is 0.280. The smallest absolute Gasteiger partial charge is 0.328 e. The van der Waals surface area contributed by atoms with Crippen molar-refractivity contribution in [3.63, 3.8) is 0 Å². The molecule has 3 amide bonds. The molecule has 0 bridgehead atoms. The van der Waals surface area contributed by atoms with Gasteiger partial charge in [-0.3, -0.25) is 14.5 Å². The van der Waals surface area contributed by atoms with Crippen LogP contribution in [0.25, 0.3) is 0 Å². The van der Waals surface area contributed by atoms with Gasteiger partial charge in [-0.15, -0.1) is 0 Å². The number of benzene rings is 2. The molecule has 1 fully saturated rings. The fourth-order valence-corrected chi connectivity index (χ4v) is 4.75. The molecular formula is C25H24N4O3. The first-order valence-electron chi connectivity index (χ1n) is 10.8. The second-order valence-corrected chi connectivity index (χ2v) is 8.71. The Bertz CT molecular complexity index is 1200. The summed E-state index contributed by atoms with van der Waals surface area (Å²) in [5.74, 6) is -0.172. The Labute approximate surface area is 186 Å². The Morgan fingerprint density at radius 2 is 1.72 bits per heavy atom. The summed E-state index contributed by atoms with van der Waals surface area (Å²) < 4.78 is 0. The van der Waals surface area contributed by atoms with Gasteiger partial charge in [0.25, 0.3) is 5.91 Å². The molecule has 3 aromatic rings. The molecule has 1 N–H and O–H groups in total. The molecule has 0 saturated carbocycles. The van der Waals surface area contributed by atoms with Crippen LogP contribution >= 0.6 is 0 Å². The van der Waals surface area contributed by atoms with Crippen molar-refractivity contribution in [2.75, 3.05) is 0 Å². The number of aromatic amines is 1. The number of rotatable bonds is 5. The van der Waals surface area contributed by atoms with Crippen LogP contribution in [-0.4, -0.2) is 49.1 Å². The largest absolute Gasteiger partial charge is 0.339 e. The highest BCUT2D eigenvalue weighted by Gasteiger charge is 2.60. The molecule has 5 rings (SSSR count). The molecule has 0 spiro atoms. The third-order valence-electron chi connectivity index (χ3n) is 6.32. The Hall–Kier alpha value is -3.74. The molecule has 2 aliphatic heterocycles. The van der Waals surface area contributed by atoms with Crippen LogP contribution in [0, 0.1) is 0 Å². The predicted octanol–water partition coefficient (Wildman–Crippen LogP) is 3.35. The first-order chi connectivity index (χ1) is 15.4. The number of carbonyl (C=O) groups excluding carboxylic acids is 3. The van der Waals surface area contributed by atoms with Gasteiger partial charge in [0.15, 0.2) is 5.82 Å². The Morgan fingerprint density at radius 1 is 1.06 bits per heavy atom. The summed E-state index contributed by atoms with van der Waals surface area (Å²) in [7, 11) is 0. The summed E-state index contributed by atoms with van der Waals surface area (Å²) in [6.45, 7) is 3.88. The molecular weight excluding hydrogens is 404 g/mol. The van der Waals surface area contributed by atoms with Crippen molar-refractivity contribution in [1.82, 2.24) is 19.8 Å². The summed E-state index contributed by atoms with van der Waals surface area (Å²) >= 11 is 0. The molecule has 1 aromatic heterocycles. The number of urea groups is 1. The number of nitrogens with one attached hydrogen (secondary N) is 1. The normalized spacial score (nSPS) is 20.0. The number of ketones is 1. The number of hydrogen-bond donors (Lipinski definition) is 1. The topological polar surface area (TPSA) is 86.4 Å². The minimum absolute atomic E-state index is 0.189. The Kier molecular flexibility index (Phi) is 4.69. The number of carbonyl (C=O) groups is 3. The quantitative estimate of drug-likeness (QED) is 0.499. The number of fused-ring (bicyclic) bond motifs is 2. The SMILES string of the molecule is CC(C)N1C(=O)N2Cc3nc(C(=O)c4ccccc4)[nH]c3CC2(Cc2ccccc2)C1=O. The maximum atomic E-state index is 13.7. The highest BCUT2D eigenvalue weighted by molar-refractivity contribution is 6.08. The van der Waals surface area contributed by atoms with Crippen molar-refractivity contribution in [1.29, 1.82) is 0 Å². The first kappa shape index (κ1) is 20.2. The van der Waals surface area contributed by atoms with E-state index in [1.807, 2.05) is 50.2 Å². The van der Waals surface area contributed by atoms with Crippen molar-refractivity contribution in [3.8, 4) is 0 Å². The maximum absolute atomic E-state index is 13.7. The van der Waals surface area contributed by atoms with E-state index in [1.54, 1.807) is 29.2 Å². The van der Waals surface area contributed by atoms with Gasteiger partial charge >= 0.3 is 6.03 Å². The van der Waals surface area contributed by atoms with Crippen LogP contribution in [-0.2, 0) is 24.2 Å². The number of hydrogen-bond acceptors (Lipinski definition) is 4. The molecule has 1 saturated heterocycles. The van der Waals surface area contributed by atoms with Crippen molar-refractivity contribution >= 4 is 17.7 Å². The predicted molar refractivity (Wildman–Crippen MR) is 118 cm³/mol. The highest BCUT2D eigenvalue weighted by Crippen LogP contribution is 2.40. The molecule has 1 atom stereocenters. The van der Waals surface area contributed by atoms with Crippen molar-refractivity contribution in [2.24, 2.45) is 0 Å². The van der Waals surface area contributed by atoms with Gasteiger partial charge in [0, 0.05) is 30.1 Å². The van der Waals surface area contributed by atoms with E-state index in [2.05, 4.69) is 9.97 Å². The summed E-state index contributed by atoms with van der Waals surface area (Å²) in [6, 6.07) is 18.1. The summed E-state index contributed by atoms with van der Waals surface area (Å²) in [6.07, 6.45) is 0.697. The van der Waals surface area contributed by atoms with E-state index in [-0.39, 0.29) is 36.1 Å². The zero-order valence-corrected chi connectivity index (χ0v) is 18.0. The molecule has 0 radical (unpaired) electrons. The second kappa shape index (κ2) is 7.44. The van der Waals surface area contributed by atoms with Crippen molar-refractivity contribution in [3.05, 3.63) is 89.0 Å². The van der Waals surface area contributed by atoms with Gasteiger partial charge in [0.1, 0.15) is 5.54 Å². The highest BCUT2D eigenvalue weighted by atomic mass is 16.2. The minimum atomic E-state index is -1.03. The van der Waals surface area contributed by atoms with E-state index in [9.17, 15) is 14.4 Å². The molecule has 0 aliphatic carbocycles. The molecule has 2 aliphatic rings. The third-order valence-corrected chi connectivity index (χ3v) is 6.32. The molecule has 7 heteroatoms. The molecule has 1 unspecified atom stereocenters. The Morgan fingerprint density at radius 3 is 2.38 bits per heavy atom. The maximum Gasteiger partial charge on any atom is 0.328 e. The minimum Gasteiger partial charge on any atom is -0.339 e. The number of amides is 3. The summed E-state index contributed by atoms with van der Waals surface area (Å²) in [4.78, 5) is 50.5. The van der Waals surface area contributed by atoms with Crippen LogP contribution in [0.2, 0.25) is 0 Å². The van der Waals surface area contributed by atoms with Crippen LogP contribution in [0.5, 0.6) is 0 Å².